The molecule has 0 saturated heterocycles. The predicted molar refractivity (Wildman–Crippen MR) is 195 cm³/mol. The van der Waals surface area contributed by atoms with Crippen molar-refractivity contribution in [3.63, 3.8) is 0 Å². The van der Waals surface area contributed by atoms with Crippen molar-refractivity contribution in [2.24, 2.45) is 11.8 Å². The fourth-order valence-electron chi connectivity index (χ4n) is 7.69. The maximum Gasteiger partial charge on any atom is 0.0562 e. The summed E-state index contributed by atoms with van der Waals surface area (Å²) in [6.45, 7) is 0. The first-order chi connectivity index (χ1) is 22.8. The Labute approximate surface area is 270 Å². The van der Waals surface area contributed by atoms with Crippen LogP contribution in [-0.4, -0.2) is 4.57 Å². The Hall–Kier alpha value is -5.60. The number of aromatic nitrogens is 1. The van der Waals surface area contributed by atoms with Crippen LogP contribution in [0.15, 0.2) is 175 Å². The van der Waals surface area contributed by atoms with E-state index in [9.17, 15) is 0 Å². The van der Waals surface area contributed by atoms with Gasteiger partial charge in [-0.1, -0.05) is 127 Å². The molecular weight excluding hydrogens is 556 g/mol. The number of benzene rings is 5. The monoisotopic (exact) mass is 590 g/mol. The number of hydrogen-bond donors (Lipinski definition) is 1. The number of nitrogens with one attached hydrogen (secondary N) is 1. The maximum absolute atomic E-state index is 3.72. The number of nitrogens with zero attached hydrogens (tertiary/aromatic N) is 1. The van der Waals surface area contributed by atoms with E-state index in [-0.39, 0.29) is 0 Å². The highest BCUT2D eigenvalue weighted by atomic mass is 15.0. The number of allylic oxidation sites excluding steroid dienone is 10. The van der Waals surface area contributed by atoms with Gasteiger partial charge in [0.25, 0.3) is 0 Å². The van der Waals surface area contributed by atoms with Crippen LogP contribution >= 0.6 is 0 Å². The summed E-state index contributed by atoms with van der Waals surface area (Å²) in [5.74, 6) is 0.813. The molecule has 9 rings (SSSR count). The van der Waals surface area contributed by atoms with Crippen molar-refractivity contribution >= 4 is 38.8 Å². The first-order valence-corrected chi connectivity index (χ1v) is 16.3. The maximum atomic E-state index is 3.72. The molecule has 0 amide bonds. The van der Waals surface area contributed by atoms with Crippen molar-refractivity contribution in [1.82, 2.24) is 4.57 Å². The molecule has 0 aliphatic heterocycles. The minimum atomic E-state index is 0.383. The summed E-state index contributed by atoms with van der Waals surface area (Å²) in [6, 6.07) is 43.9. The van der Waals surface area contributed by atoms with Crippen LogP contribution in [0.4, 0.5) is 11.4 Å². The highest BCUT2D eigenvalue weighted by Crippen LogP contribution is 2.46. The summed E-state index contributed by atoms with van der Waals surface area (Å²) < 4.78 is 2.42. The second-order valence-electron chi connectivity index (χ2n) is 12.5. The first kappa shape index (κ1) is 26.8. The molecule has 5 aromatic carbocycles. The van der Waals surface area contributed by atoms with E-state index < -0.39 is 0 Å². The third-order valence-electron chi connectivity index (χ3n) is 9.84. The van der Waals surface area contributed by atoms with Gasteiger partial charge in [0.15, 0.2) is 0 Å². The van der Waals surface area contributed by atoms with Gasteiger partial charge in [0.05, 0.1) is 16.7 Å². The van der Waals surface area contributed by atoms with Crippen LogP contribution in [-0.2, 0) is 0 Å². The molecule has 0 bridgehead atoms. The smallest absolute Gasteiger partial charge is 0.0562 e. The van der Waals surface area contributed by atoms with Crippen molar-refractivity contribution in [2.75, 3.05) is 5.32 Å². The lowest BCUT2D eigenvalue weighted by Crippen LogP contribution is -2.21. The Kier molecular flexibility index (Phi) is 6.45. The van der Waals surface area contributed by atoms with E-state index >= 15 is 0 Å². The predicted octanol–water partition coefficient (Wildman–Crippen LogP) is 11.6. The van der Waals surface area contributed by atoms with Crippen LogP contribution in [0.3, 0.4) is 0 Å². The van der Waals surface area contributed by atoms with Gasteiger partial charge < -0.3 is 9.88 Å². The van der Waals surface area contributed by atoms with E-state index in [4.69, 9.17) is 0 Å². The van der Waals surface area contributed by atoms with E-state index in [0.29, 0.717) is 11.8 Å². The van der Waals surface area contributed by atoms with Crippen LogP contribution in [0.1, 0.15) is 18.4 Å². The molecule has 2 unspecified atom stereocenters. The van der Waals surface area contributed by atoms with Crippen molar-refractivity contribution in [3.8, 4) is 16.8 Å². The highest BCUT2D eigenvalue weighted by Gasteiger charge is 2.31. The van der Waals surface area contributed by atoms with Gasteiger partial charge in [0, 0.05) is 39.5 Å². The van der Waals surface area contributed by atoms with Gasteiger partial charge in [-0.3, -0.25) is 0 Å². The summed E-state index contributed by atoms with van der Waals surface area (Å²) >= 11 is 0. The third kappa shape index (κ3) is 4.49. The average Bonchev–Trinajstić information content (AvgIpc) is 3.45. The largest absolute Gasteiger partial charge is 0.355 e. The number of hydrogen-bond acceptors (Lipinski definition) is 1. The van der Waals surface area contributed by atoms with Gasteiger partial charge in [-0.25, -0.2) is 0 Å². The Morgan fingerprint density at radius 3 is 2.24 bits per heavy atom. The minimum absolute atomic E-state index is 0.383. The van der Waals surface area contributed by atoms with Crippen molar-refractivity contribution < 1.29 is 0 Å². The van der Waals surface area contributed by atoms with Gasteiger partial charge in [-0.15, -0.1) is 0 Å². The number of para-hydroxylation sites is 2. The first-order valence-electron chi connectivity index (χ1n) is 16.3. The molecule has 3 aliphatic rings. The summed E-state index contributed by atoms with van der Waals surface area (Å²) in [6.07, 6.45) is 18.6. The summed E-state index contributed by atoms with van der Waals surface area (Å²) in [5.41, 5.74) is 13.9. The second-order valence-corrected chi connectivity index (χ2v) is 12.5. The highest BCUT2D eigenvalue weighted by molar-refractivity contribution is 6.10. The molecule has 1 heterocycles. The van der Waals surface area contributed by atoms with Crippen LogP contribution in [0.2, 0.25) is 0 Å². The van der Waals surface area contributed by atoms with Gasteiger partial charge in [-0.2, -0.15) is 0 Å². The number of anilines is 2. The van der Waals surface area contributed by atoms with Gasteiger partial charge >= 0.3 is 0 Å². The number of rotatable bonds is 5. The molecular formula is C44H34N2. The fraction of sp³-hybridized carbons (Fsp3) is 0.0909. The molecule has 2 nitrogen and oxygen atoms in total. The normalized spacial score (nSPS) is 18.5. The molecule has 2 atom stereocenters. The summed E-state index contributed by atoms with van der Waals surface area (Å²) in [7, 11) is 0. The molecule has 1 N–H and O–H groups in total. The molecule has 1 aromatic heterocycles. The third-order valence-corrected chi connectivity index (χ3v) is 9.84. The Bertz CT molecular complexity index is 2270. The zero-order valence-corrected chi connectivity index (χ0v) is 25.6. The van der Waals surface area contributed by atoms with E-state index in [2.05, 4.69) is 174 Å². The lowest BCUT2D eigenvalue weighted by atomic mass is 9.69. The Balaban J connectivity index is 1.09. The van der Waals surface area contributed by atoms with Crippen molar-refractivity contribution in [2.45, 2.75) is 12.8 Å². The van der Waals surface area contributed by atoms with Crippen molar-refractivity contribution in [3.05, 3.63) is 181 Å². The standard InChI is InChI=1S/C44H34N2/c1-2-12-30(13-3-1)36-16-8-10-20-42(36)46-43-21-11-9-19-39(43)40-27-26-34(29-44(40)46)45-33-24-22-31(23-25-33)41-28-32-14-4-5-15-35(32)37-17-6-7-18-38(37)41/h1-3,5-13,15-29,37-38,45H,4,14H2. The average molecular weight is 591 g/mol. The van der Waals surface area contributed by atoms with Crippen molar-refractivity contribution in [1.29, 1.82) is 0 Å². The quantitative estimate of drug-likeness (QED) is 0.211. The Morgan fingerprint density at radius 1 is 0.609 bits per heavy atom. The molecule has 46 heavy (non-hydrogen) atoms. The molecule has 0 spiro atoms. The zero-order valence-electron chi connectivity index (χ0n) is 25.6. The van der Waals surface area contributed by atoms with Crippen LogP contribution in [0.5, 0.6) is 0 Å². The van der Waals surface area contributed by atoms with Crippen LogP contribution < -0.4 is 5.32 Å². The van der Waals surface area contributed by atoms with E-state index in [1.807, 2.05) is 0 Å². The molecule has 6 aromatic rings. The van der Waals surface area contributed by atoms with E-state index in [0.717, 1.165) is 24.2 Å². The van der Waals surface area contributed by atoms with Gasteiger partial charge in [-0.05, 0) is 77.1 Å². The molecule has 0 radical (unpaired) electrons. The Morgan fingerprint density at radius 2 is 1.35 bits per heavy atom. The van der Waals surface area contributed by atoms with Gasteiger partial charge in [0.1, 0.15) is 0 Å². The van der Waals surface area contributed by atoms with E-state index in [1.165, 1.54) is 60.9 Å². The van der Waals surface area contributed by atoms with E-state index in [1.54, 1.807) is 0 Å². The molecule has 3 aliphatic carbocycles. The molecule has 220 valence electrons. The SMILES string of the molecule is C1=CC2C(c3ccc(Nc4ccc5c6ccccc6n(-c6ccccc6-c6ccccc6)c5c4)cc3)=CC3=C(C=CCC3)C2C=C1. The van der Waals surface area contributed by atoms with Gasteiger partial charge in [0.2, 0.25) is 0 Å². The number of fused-ring (bicyclic) bond motifs is 5. The molecule has 2 heteroatoms. The fourth-order valence-corrected chi connectivity index (χ4v) is 7.69. The molecule has 0 fully saturated rings. The van der Waals surface area contributed by atoms with Crippen LogP contribution in [0.25, 0.3) is 44.2 Å². The summed E-state index contributed by atoms with van der Waals surface area (Å²) in [5, 5.41) is 6.23. The second kappa shape index (κ2) is 11.1. The lowest BCUT2D eigenvalue weighted by Gasteiger charge is -2.35. The molecule has 0 saturated carbocycles. The zero-order chi connectivity index (χ0) is 30.5. The summed E-state index contributed by atoms with van der Waals surface area (Å²) in [4.78, 5) is 0. The minimum Gasteiger partial charge on any atom is -0.355 e. The van der Waals surface area contributed by atoms with Crippen LogP contribution in [0, 0.1) is 11.8 Å². The topological polar surface area (TPSA) is 17.0 Å². The lowest BCUT2D eigenvalue weighted by molar-refractivity contribution is 0.636.